The van der Waals surface area contributed by atoms with Crippen LogP contribution in [0.3, 0.4) is 0 Å². The number of hydrogen-bond acceptors (Lipinski definition) is 1. The van der Waals surface area contributed by atoms with Gasteiger partial charge in [0.25, 0.3) is 0 Å². The Balaban J connectivity index is 2.92. The second-order valence-electron chi connectivity index (χ2n) is 4.15. The van der Waals surface area contributed by atoms with Gasteiger partial charge in [0.1, 0.15) is 0 Å². The van der Waals surface area contributed by atoms with Crippen molar-refractivity contribution in [3.05, 3.63) is 28.4 Å². The Morgan fingerprint density at radius 1 is 1.33 bits per heavy atom. The lowest BCUT2D eigenvalue weighted by molar-refractivity contribution is 0.750. The second-order valence-corrected chi connectivity index (χ2v) is 4.95. The zero-order valence-corrected chi connectivity index (χ0v) is 10.8. The first-order chi connectivity index (χ1) is 7.04. The van der Waals surface area contributed by atoms with E-state index in [9.17, 15) is 0 Å². The molecule has 0 amide bonds. The van der Waals surface area contributed by atoms with Crippen molar-refractivity contribution >= 4 is 32.5 Å². The zero-order chi connectivity index (χ0) is 11.2. The molecule has 0 aliphatic rings. The SMILES string of the molecule is CC(C)c1c(Br)c2c(N)cccc2n1C. The molecule has 0 fully saturated rings. The Morgan fingerprint density at radius 2 is 2.00 bits per heavy atom. The largest absolute Gasteiger partial charge is 0.398 e. The summed E-state index contributed by atoms with van der Waals surface area (Å²) < 4.78 is 3.34. The lowest BCUT2D eigenvalue weighted by Gasteiger charge is -2.07. The van der Waals surface area contributed by atoms with Gasteiger partial charge < -0.3 is 10.3 Å². The lowest BCUT2D eigenvalue weighted by atomic mass is 10.1. The van der Waals surface area contributed by atoms with E-state index in [0.717, 1.165) is 15.5 Å². The monoisotopic (exact) mass is 266 g/mol. The molecule has 0 bridgehead atoms. The van der Waals surface area contributed by atoms with Crippen LogP contribution >= 0.6 is 15.9 Å². The standard InChI is InChI=1S/C12H15BrN2/c1-7(2)12-11(13)10-8(14)5-4-6-9(10)15(12)3/h4-7H,14H2,1-3H3. The molecular weight excluding hydrogens is 252 g/mol. The summed E-state index contributed by atoms with van der Waals surface area (Å²) >= 11 is 3.65. The minimum atomic E-state index is 0.483. The summed E-state index contributed by atoms with van der Waals surface area (Å²) in [5, 5.41) is 1.13. The molecule has 0 radical (unpaired) electrons. The highest BCUT2D eigenvalue weighted by Gasteiger charge is 2.16. The fraction of sp³-hybridized carbons (Fsp3) is 0.333. The van der Waals surface area contributed by atoms with Crippen molar-refractivity contribution in [2.24, 2.45) is 7.05 Å². The highest BCUT2D eigenvalue weighted by molar-refractivity contribution is 9.10. The van der Waals surface area contributed by atoms with Crippen LogP contribution in [-0.4, -0.2) is 4.57 Å². The summed E-state index contributed by atoms with van der Waals surface area (Å²) in [5.74, 6) is 0.483. The first kappa shape index (κ1) is 10.6. The molecule has 1 heterocycles. The third-order valence-corrected chi connectivity index (χ3v) is 3.59. The normalized spacial score (nSPS) is 11.5. The first-order valence-corrected chi connectivity index (χ1v) is 5.85. The van der Waals surface area contributed by atoms with Crippen LogP contribution in [0, 0.1) is 0 Å². The molecule has 0 aliphatic heterocycles. The maximum Gasteiger partial charge on any atom is 0.0512 e. The average molecular weight is 267 g/mol. The molecular formula is C12H15BrN2. The van der Waals surface area contributed by atoms with Crippen molar-refractivity contribution in [3.8, 4) is 0 Å². The van der Waals surface area contributed by atoms with E-state index in [1.54, 1.807) is 0 Å². The Kier molecular flexibility index (Phi) is 2.51. The Hall–Kier alpha value is -0.960. The van der Waals surface area contributed by atoms with Crippen LogP contribution in [0.15, 0.2) is 22.7 Å². The molecule has 80 valence electrons. The van der Waals surface area contributed by atoms with E-state index >= 15 is 0 Å². The van der Waals surface area contributed by atoms with Crippen molar-refractivity contribution in [3.63, 3.8) is 0 Å². The van der Waals surface area contributed by atoms with Crippen LogP contribution in [0.25, 0.3) is 10.9 Å². The van der Waals surface area contributed by atoms with Gasteiger partial charge in [-0.25, -0.2) is 0 Å². The van der Waals surface area contributed by atoms with Crippen LogP contribution in [0.4, 0.5) is 5.69 Å². The molecule has 2 nitrogen and oxygen atoms in total. The second kappa shape index (κ2) is 3.56. The van der Waals surface area contributed by atoms with E-state index in [4.69, 9.17) is 5.73 Å². The van der Waals surface area contributed by atoms with Gasteiger partial charge in [-0.05, 0) is 34.0 Å². The maximum atomic E-state index is 6.00. The summed E-state index contributed by atoms with van der Waals surface area (Å²) in [6, 6.07) is 6.04. The van der Waals surface area contributed by atoms with Crippen molar-refractivity contribution in [2.75, 3.05) is 5.73 Å². The molecule has 0 saturated carbocycles. The summed E-state index contributed by atoms with van der Waals surface area (Å²) in [5.41, 5.74) is 9.31. The number of nitrogens with two attached hydrogens (primary N) is 1. The van der Waals surface area contributed by atoms with E-state index in [1.807, 2.05) is 12.1 Å². The number of anilines is 1. The smallest absolute Gasteiger partial charge is 0.0512 e. The summed E-state index contributed by atoms with van der Waals surface area (Å²) in [6.07, 6.45) is 0. The first-order valence-electron chi connectivity index (χ1n) is 5.06. The molecule has 1 aromatic carbocycles. The molecule has 2 N–H and O–H groups in total. The molecule has 3 heteroatoms. The zero-order valence-electron chi connectivity index (χ0n) is 9.21. The number of hydrogen-bond donors (Lipinski definition) is 1. The number of nitrogen functional groups attached to an aromatic ring is 1. The van der Waals surface area contributed by atoms with Gasteiger partial charge in [0.2, 0.25) is 0 Å². The fourth-order valence-corrected chi connectivity index (χ4v) is 3.28. The van der Waals surface area contributed by atoms with Crippen molar-refractivity contribution in [1.29, 1.82) is 0 Å². The predicted octanol–water partition coefficient (Wildman–Crippen LogP) is 3.65. The molecule has 2 rings (SSSR count). The Morgan fingerprint density at radius 3 is 2.53 bits per heavy atom. The number of fused-ring (bicyclic) bond motifs is 1. The predicted molar refractivity (Wildman–Crippen MR) is 69.1 cm³/mol. The number of benzene rings is 1. The molecule has 0 spiro atoms. The highest BCUT2D eigenvalue weighted by atomic mass is 79.9. The molecule has 0 atom stereocenters. The molecule has 2 aromatic rings. The van der Waals surface area contributed by atoms with Crippen LogP contribution in [0.5, 0.6) is 0 Å². The molecule has 15 heavy (non-hydrogen) atoms. The maximum absolute atomic E-state index is 6.00. The van der Waals surface area contributed by atoms with E-state index in [0.29, 0.717) is 5.92 Å². The highest BCUT2D eigenvalue weighted by Crippen LogP contribution is 2.37. The molecule has 1 aromatic heterocycles. The summed E-state index contributed by atoms with van der Waals surface area (Å²) in [4.78, 5) is 0. The van der Waals surface area contributed by atoms with Crippen molar-refractivity contribution in [2.45, 2.75) is 19.8 Å². The summed E-state index contributed by atoms with van der Waals surface area (Å²) in [7, 11) is 2.09. The molecule has 0 aliphatic carbocycles. The van der Waals surface area contributed by atoms with E-state index < -0.39 is 0 Å². The van der Waals surface area contributed by atoms with E-state index in [-0.39, 0.29) is 0 Å². The van der Waals surface area contributed by atoms with Crippen LogP contribution < -0.4 is 5.73 Å². The van der Waals surface area contributed by atoms with Gasteiger partial charge in [-0.2, -0.15) is 0 Å². The van der Waals surface area contributed by atoms with Gasteiger partial charge >= 0.3 is 0 Å². The van der Waals surface area contributed by atoms with Crippen LogP contribution in [0.1, 0.15) is 25.5 Å². The topological polar surface area (TPSA) is 30.9 Å². The van der Waals surface area contributed by atoms with Gasteiger partial charge in [0, 0.05) is 28.3 Å². The number of halogens is 1. The van der Waals surface area contributed by atoms with Gasteiger partial charge in [-0.3, -0.25) is 0 Å². The lowest BCUT2D eigenvalue weighted by Crippen LogP contribution is -1.98. The van der Waals surface area contributed by atoms with Gasteiger partial charge in [-0.15, -0.1) is 0 Å². The van der Waals surface area contributed by atoms with Crippen molar-refractivity contribution in [1.82, 2.24) is 4.57 Å². The Labute approximate surface area is 98.2 Å². The van der Waals surface area contributed by atoms with Crippen molar-refractivity contribution < 1.29 is 0 Å². The average Bonchev–Trinajstić information content (AvgIpc) is 2.40. The van der Waals surface area contributed by atoms with Gasteiger partial charge in [-0.1, -0.05) is 19.9 Å². The minimum Gasteiger partial charge on any atom is -0.398 e. The fourth-order valence-electron chi connectivity index (χ4n) is 2.12. The van der Waals surface area contributed by atoms with Gasteiger partial charge in [0.05, 0.1) is 5.52 Å². The molecule has 0 unspecified atom stereocenters. The quantitative estimate of drug-likeness (QED) is 0.785. The third-order valence-electron chi connectivity index (χ3n) is 2.79. The third kappa shape index (κ3) is 1.46. The molecule has 0 saturated heterocycles. The van der Waals surface area contributed by atoms with E-state index in [2.05, 4.69) is 47.5 Å². The minimum absolute atomic E-state index is 0.483. The number of rotatable bonds is 1. The summed E-state index contributed by atoms with van der Waals surface area (Å²) in [6.45, 7) is 4.38. The van der Waals surface area contributed by atoms with Gasteiger partial charge in [0.15, 0.2) is 0 Å². The Bertz CT molecular complexity index is 512. The number of aromatic nitrogens is 1. The van der Waals surface area contributed by atoms with E-state index in [1.165, 1.54) is 11.2 Å². The number of nitrogens with zero attached hydrogens (tertiary/aromatic N) is 1. The van der Waals surface area contributed by atoms with Crippen LogP contribution in [-0.2, 0) is 7.05 Å². The number of aryl methyl sites for hydroxylation is 1. The van der Waals surface area contributed by atoms with Crippen LogP contribution in [0.2, 0.25) is 0 Å².